The van der Waals surface area contributed by atoms with Crippen LogP contribution in [0.1, 0.15) is 29.3 Å². The van der Waals surface area contributed by atoms with Gasteiger partial charge in [0.15, 0.2) is 0 Å². The second-order valence-corrected chi connectivity index (χ2v) is 4.17. The van der Waals surface area contributed by atoms with Crippen LogP contribution >= 0.6 is 11.6 Å². The van der Waals surface area contributed by atoms with Crippen molar-refractivity contribution in [3.63, 3.8) is 0 Å². The Kier molecular flexibility index (Phi) is 3.62. The third kappa shape index (κ3) is 2.45. The molecule has 0 aromatic carbocycles. The number of hydrogen-bond acceptors (Lipinski definition) is 2. The molecule has 0 aliphatic rings. The number of furan rings is 1. The van der Waals surface area contributed by atoms with E-state index in [1.165, 1.54) is 0 Å². The number of nitrogens with zero attached hydrogens (tertiary/aromatic N) is 1. The Morgan fingerprint density at radius 1 is 1.38 bits per heavy atom. The Labute approximate surface area is 100 Å². The predicted octanol–water partition coefficient (Wildman–Crippen LogP) is 3.76. The first-order valence-electron chi connectivity index (χ1n) is 5.41. The SMILES string of the molecule is CCc1occc1C(Cl)Cc1ccccn1. The second kappa shape index (κ2) is 5.17. The van der Waals surface area contributed by atoms with Gasteiger partial charge in [-0.1, -0.05) is 13.0 Å². The average molecular weight is 236 g/mol. The molecule has 2 heterocycles. The van der Waals surface area contributed by atoms with Crippen LogP contribution < -0.4 is 0 Å². The second-order valence-electron chi connectivity index (χ2n) is 3.65. The minimum absolute atomic E-state index is 0.0661. The smallest absolute Gasteiger partial charge is 0.108 e. The van der Waals surface area contributed by atoms with Crippen molar-refractivity contribution in [2.45, 2.75) is 25.1 Å². The summed E-state index contributed by atoms with van der Waals surface area (Å²) in [6, 6.07) is 7.81. The number of rotatable bonds is 4. The lowest BCUT2D eigenvalue weighted by molar-refractivity contribution is 0.510. The number of aromatic nitrogens is 1. The largest absolute Gasteiger partial charge is 0.469 e. The molecule has 0 bridgehead atoms. The quantitative estimate of drug-likeness (QED) is 0.755. The molecule has 2 aromatic heterocycles. The highest BCUT2D eigenvalue weighted by atomic mass is 35.5. The van der Waals surface area contributed by atoms with Crippen LogP contribution in [-0.4, -0.2) is 4.98 Å². The lowest BCUT2D eigenvalue weighted by atomic mass is 10.1. The van der Waals surface area contributed by atoms with Crippen LogP contribution in [0.25, 0.3) is 0 Å². The van der Waals surface area contributed by atoms with Gasteiger partial charge in [-0.05, 0) is 18.2 Å². The average Bonchev–Trinajstić information content (AvgIpc) is 2.78. The number of alkyl halides is 1. The summed E-state index contributed by atoms with van der Waals surface area (Å²) < 4.78 is 5.37. The van der Waals surface area contributed by atoms with Crippen LogP contribution in [0.15, 0.2) is 41.1 Å². The molecule has 2 aromatic rings. The van der Waals surface area contributed by atoms with Gasteiger partial charge in [-0.3, -0.25) is 4.98 Å². The molecule has 0 radical (unpaired) electrons. The first-order valence-corrected chi connectivity index (χ1v) is 5.85. The summed E-state index contributed by atoms with van der Waals surface area (Å²) in [5, 5.41) is -0.0661. The Hall–Kier alpha value is -1.28. The van der Waals surface area contributed by atoms with E-state index in [2.05, 4.69) is 11.9 Å². The lowest BCUT2D eigenvalue weighted by Gasteiger charge is -2.08. The maximum atomic E-state index is 6.37. The van der Waals surface area contributed by atoms with Crippen molar-refractivity contribution in [3.05, 3.63) is 53.7 Å². The molecule has 0 amide bonds. The summed E-state index contributed by atoms with van der Waals surface area (Å²) >= 11 is 6.37. The van der Waals surface area contributed by atoms with Crippen LogP contribution in [0.2, 0.25) is 0 Å². The van der Waals surface area contributed by atoms with Crippen molar-refractivity contribution in [2.24, 2.45) is 0 Å². The molecule has 0 aliphatic carbocycles. The van der Waals surface area contributed by atoms with Crippen LogP contribution in [0, 0.1) is 0 Å². The molecule has 1 unspecified atom stereocenters. The van der Waals surface area contributed by atoms with E-state index in [1.54, 1.807) is 12.5 Å². The van der Waals surface area contributed by atoms with Crippen LogP contribution in [0.4, 0.5) is 0 Å². The third-order valence-corrected chi connectivity index (χ3v) is 2.94. The molecule has 0 saturated heterocycles. The minimum Gasteiger partial charge on any atom is -0.469 e. The highest BCUT2D eigenvalue weighted by Crippen LogP contribution is 2.28. The summed E-state index contributed by atoms with van der Waals surface area (Å²) in [5.74, 6) is 0.968. The van der Waals surface area contributed by atoms with Gasteiger partial charge in [0.05, 0.1) is 11.6 Å². The zero-order chi connectivity index (χ0) is 11.4. The fraction of sp³-hybridized carbons (Fsp3) is 0.308. The van der Waals surface area contributed by atoms with E-state index in [0.717, 1.165) is 29.9 Å². The first-order chi connectivity index (χ1) is 7.81. The molecule has 1 atom stereocenters. The molecule has 84 valence electrons. The molecule has 0 N–H and O–H groups in total. The summed E-state index contributed by atoms with van der Waals surface area (Å²) in [4.78, 5) is 4.27. The van der Waals surface area contributed by atoms with Crippen molar-refractivity contribution >= 4 is 11.6 Å². The maximum Gasteiger partial charge on any atom is 0.108 e. The van der Waals surface area contributed by atoms with E-state index in [9.17, 15) is 0 Å². The Morgan fingerprint density at radius 2 is 2.25 bits per heavy atom. The normalized spacial score (nSPS) is 12.6. The zero-order valence-corrected chi connectivity index (χ0v) is 9.95. The Morgan fingerprint density at radius 3 is 2.94 bits per heavy atom. The van der Waals surface area contributed by atoms with Gasteiger partial charge in [-0.15, -0.1) is 11.6 Å². The number of halogens is 1. The van der Waals surface area contributed by atoms with E-state index < -0.39 is 0 Å². The van der Waals surface area contributed by atoms with Crippen LogP contribution in [0.5, 0.6) is 0 Å². The van der Waals surface area contributed by atoms with Crippen molar-refractivity contribution in [2.75, 3.05) is 0 Å². The van der Waals surface area contributed by atoms with Gasteiger partial charge in [-0.2, -0.15) is 0 Å². The molecular formula is C13H14ClNO. The number of hydrogen-bond donors (Lipinski definition) is 0. The van der Waals surface area contributed by atoms with Crippen molar-refractivity contribution < 1.29 is 4.42 Å². The predicted molar refractivity (Wildman–Crippen MR) is 64.6 cm³/mol. The fourth-order valence-corrected chi connectivity index (χ4v) is 2.08. The van der Waals surface area contributed by atoms with Gasteiger partial charge in [0.1, 0.15) is 5.76 Å². The molecule has 0 fully saturated rings. The van der Waals surface area contributed by atoms with E-state index in [-0.39, 0.29) is 5.38 Å². The summed E-state index contributed by atoms with van der Waals surface area (Å²) in [5.41, 5.74) is 2.08. The van der Waals surface area contributed by atoms with E-state index in [4.69, 9.17) is 16.0 Å². The van der Waals surface area contributed by atoms with E-state index in [0.29, 0.717) is 0 Å². The van der Waals surface area contributed by atoms with E-state index >= 15 is 0 Å². The molecular weight excluding hydrogens is 222 g/mol. The fourth-order valence-electron chi connectivity index (χ4n) is 1.73. The van der Waals surface area contributed by atoms with Gasteiger partial charge in [0.25, 0.3) is 0 Å². The molecule has 0 aliphatic heterocycles. The van der Waals surface area contributed by atoms with Crippen LogP contribution in [-0.2, 0) is 12.8 Å². The van der Waals surface area contributed by atoms with Crippen molar-refractivity contribution in [1.82, 2.24) is 4.98 Å². The standard InChI is InChI=1S/C13H14ClNO/c1-2-13-11(6-8-16-13)12(14)9-10-5-3-4-7-15-10/h3-8,12H,2,9H2,1H3. The monoisotopic (exact) mass is 235 g/mol. The molecule has 0 saturated carbocycles. The van der Waals surface area contributed by atoms with Crippen LogP contribution in [0.3, 0.4) is 0 Å². The first kappa shape index (κ1) is 11.2. The van der Waals surface area contributed by atoms with Gasteiger partial charge < -0.3 is 4.42 Å². The number of pyridine rings is 1. The summed E-state index contributed by atoms with van der Waals surface area (Å²) in [6.45, 7) is 2.06. The van der Waals surface area contributed by atoms with Gasteiger partial charge in [-0.25, -0.2) is 0 Å². The highest BCUT2D eigenvalue weighted by molar-refractivity contribution is 6.21. The molecule has 2 nitrogen and oxygen atoms in total. The topological polar surface area (TPSA) is 26.0 Å². The lowest BCUT2D eigenvalue weighted by Crippen LogP contribution is -1.99. The third-order valence-electron chi connectivity index (χ3n) is 2.55. The van der Waals surface area contributed by atoms with Crippen molar-refractivity contribution in [1.29, 1.82) is 0 Å². The van der Waals surface area contributed by atoms with Gasteiger partial charge in [0, 0.05) is 30.3 Å². The Balaban J connectivity index is 2.11. The highest BCUT2D eigenvalue weighted by Gasteiger charge is 2.15. The minimum atomic E-state index is -0.0661. The molecule has 3 heteroatoms. The zero-order valence-electron chi connectivity index (χ0n) is 9.19. The van der Waals surface area contributed by atoms with Crippen molar-refractivity contribution in [3.8, 4) is 0 Å². The van der Waals surface area contributed by atoms with E-state index in [1.807, 2.05) is 24.3 Å². The molecule has 16 heavy (non-hydrogen) atoms. The van der Waals surface area contributed by atoms with Gasteiger partial charge >= 0.3 is 0 Å². The molecule has 0 spiro atoms. The maximum absolute atomic E-state index is 6.37. The Bertz CT molecular complexity index is 438. The number of aryl methyl sites for hydroxylation is 1. The van der Waals surface area contributed by atoms with Gasteiger partial charge in [0.2, 0.25) is 0 Å². The summed E-state index contributed by atoms with van der Waals surface area (Å²) in [6.07, 6.45) is 5.08. The molecule has 2 rings (SSSR count). The summed E-state index contributed by atoms with van der Waals surface area (Å²) in [7, 11) is 0.